The first-order valence-electron chi connectivity index (χ1n) is 16.5. The minimum atomic E-state index is -0.138. The third kappa shape index (κ3) is 6.67. The number of benzene rings is 4. The summed E-state index contributed by atoms with van der Waals surface area (Å²) < 4.78 is 8.79. The predicted molar refractivity (Wildman–Crippen MR) is 214 cm³/mol. The quantitative estimate of drug-likeness (QED) is 0.197. The lowest BCUT2D eigenvalue weighted by Gasteiger charge is -2.14. The summed E-state index contributed by atoms with van der Waals surface area (Å²) in [5, 5.41) is 27.3. The summed E-state index contributed by atoms with van der Waals surface area (Å²) in [4.78, 5) is 30.1. The van der Waals surface area contributed by atoms with Gasteiger partial charge in [-0.1, -0.05) is 73.8 Å². The lowest BCUT2D eigenvalue weighted by Crippen LogP contribution is -2.24. The molecule has 8 rings (SSSR count). The van der Waals surface area contributed by atoms with E-state index in [2.05, 4.69) is 58.3 Å². The highest BCUT2D eigenvalue weighted by Crippen LogP contribution is 2.24. The summed E-state index contributed by atoms with van der Waals surface area (Å²) >= 11 is 6.92. The number of hydrogen-bond acceptors (Lipinski definition) is 9. The van der Waals surface area contributed by atoms with E-state index in [0.29, 0.717) is 52.9 Å². The van der Waals surface area contributed by atoms with E-state index in [1.165, 1.54) is 5.56 Å². The number of rotatable bonds is 6. The molecule has 4 aromatic carbocycles. The molecule has 4 heterocycles. The first-order chi connectivity index (χ1) is 25.4. The Morgan fingerprint density at radius 1 is 0.623 bits per heavy atom. The van der Waals surface area contributed by atoms with Crippen LogP contribution >= 0.6 is 31.9 Å². The molecule has 0 saturated carbocycles. The molecule has 0 N–H and O–H groups in total. The van der Waals surface area contributed by atoms with Crippen molar-refractivity contribution >= 4 is 77.1 Å². The number of aromatic nitrogens is 8. The van der Waals surface area contributed by atoms with Gasteiger partial charge in [-0.2, -0.15) is 5.26 Å². The maximum Gasteiger partial charge on any atom is 0.263 e. The van der Waals surface area contributed by atoms with E-state index in [1.54, 1.807) is 21.3 Å². The highest BCUT2D eigenvalue weighted by Gasteiger charge is 2.20. The minimum Gasteiger partial charge on any atom is -0.347 e. The van der Waals surface area contributed by atoms with Crippen LogP contribution in [-0.4, -0.2) is 66.5 Å². The molecular weight excluding hydrogens is 802 g/mol. The van der Waals surface area contributed by atoms with Crippen LogP contribution in [0.25, 0.3) is 33.4 Å². The molecule has 0 spiro atoms. The van der Waals surface area contributed by atoms with Gasteiger partial charge in [-0.05, 0) is 66.6 Å². The Morgan fingerprint density at radius 2 is 1.04 bits per heavy atom. The topological polar surface area (TPSA) is 135 Å². The molecule has 0 unspecified atom stereocenters. The van der Waals surface area contributed by atoms with E-state index in [0.717, 1.165) is 31.1 Å². The summed E-state index contributed by atoms with van der Waals surface area (Å²) in [6.45, 7) is 2.82. The van der Waals surface area contributed by atoms with E-state index < -0.39 is 0 Å². The van der Waals surface area contributed by atoms with Crippen LogP contribution in [0.15, 0.2) is 103 Å². The van der Waals surface area contributed by atoms with E-state index >= 15 is 0 Å². The molecule has 0 aliphatic heterocycles. The fourth-order valence-corrected chi connectivity index (χ4v) is 6.87. The van der Waals surface area contributed by atoms with Gasteiger partial charge < -0.3 is 9.80 Å². The van der Waals surface area contributed by atoms with E-state index in [4.69, 9.17) is 5.26 Å². The molecule has 0 saturated heterocycles. The zero-order valence-electron chi connectivity index (χ0n) is 29.5. The third-order valence-corrected chi connectivity index (χ3v) is 9.76. The van der Waals surface area contributed by atoms with Gasteiger partial charge in [0, 0.05) is 37.1 Å². The van der Waals surface area contributed by atoms with Crippen molar-refractivity contribution in [3.63, 3.8) is 0 Å². The molecule has 53 heavy (non-hydrogen) atoms. The average Bonchev–Trinajstić information content (AvgIpc) is 3.80. The van der Waals surface area contributed by atoms with Crippen LogP contribution in [0, 0.1) is 18.3 Å². The summed E-state index contributed by atoms with van der Waals surface area (Å²) in [6, 6.07) is 28.7. The zero-order chi connectivity index (χ0) is 37.6. The normalized spacial score (nSPS) is 11.2. The number of nitrogens with zero attached hydrogens (tertiary/aromatic N) is 11. The number of aryl methyl sites for hydroxylation is 1. The Morgan fingerprint density at radius 3 is 1.43 bits per heavy atom. The molecular formula is C38H33Br2N11O2. The Balaban J connectivity index is 0.000000164. The SMILES string of the molecule is CN(C)c1nnc2n(Cc3ccc(C#N)cc3)c(=O)c3cc(Br)ccc3n12.Cc1ccc(Cn2c(=O)c3cc(Br)ccc3n3c(N(C)C)nnc23)cc1. The molecule has 0 radical (unpaired) electrons. The highest BCUT2D eigenvalue weighted by atomic mass is 79.9. The molecule has 0 aliphatic carbocycles. The number of fused-ring (bicyclic) bond motifs is 6. The zero-order valence-corrected chi connectivity index (χ0v) is 32.7. The van der Waals surface area contributed by atoms with Gasteiger partial charge in [-0.15, -0.1) is 20.4 Å². The Kier molecular flexibility index (Phi) is 9.58. The van der Waals surface area contributed by atoms with Gasteiger partial charge >= 0.3 is 0 Å². The average molecular weight is 836 g/mol. The van der Waals surface area contributed by atoms with Gasteiger partial charge in [-0.25, -0.2) is 8.80 Å². The van der Waals surface area contributed by atoms with Gasteiger partial charge in [-0.3, -0.25) is 18.7 Å². The van der Waals surface area contributed by atoms with Crippen molar-refractivity contribution < 1.29 is 0 Å². The molecule has 0 bridgehead atoms. The van der Waals surface area contributed by atoms with Gasteiger partial charge in [0.2, 0.25) is 23.5 Å². The van der Waals surface area contributed by atoms with Crippen molar-refractivity contribution in [1.82, 2.24) is 38.3 Å². The van der Waals surface area contributed by atoms with Gasteiger partial charge in [0.05, 0.1) is 46.5 Å². The van der Waals surface area contributed by atoms with Gasteiger partial charge in [0.25, 0.3) is 11.1 Å². The van der Waals surface area contributed by atoms with E-state index in [9.17, 15) is 9.59 Å². The van der Waals surface area contributed by atoms with Crippen LogP contribution < -0.4 is 20.9 Å². The maximum atomic E-state index is 13.2. The second kappa shape index (κ2) is 14.3. The Bertz CT molecular complexity index is 2830. The van der Waals surface area contributed by atoms with Crippen molar-refractivity contribution in [3.05, 3.63) is 137 Å². The fourth-order valence-electron chi connectivity index (χ4n) is 6.15. The maximum absolute atomic E-state index is 13.2. The third-order valence-electron chi connectivity index (χ3n) is 8.78. The van der Waals surface area contributed by atoms with Crippen molar-refractivity contribution in [3.8, 4) is 6.07 Å². The molecule has 0 atom stereocenters. The lowest BCUT2D eigenvalue weighted by atomic mass is 10.1. The van der Waals surface area contributed by atoms with E-state index in [1.807, 2.05) is 127 Å². The first-order valence-corrected chi connectivity index (χ1v) is 18.1. The summed E-state index contributed by atoms with van der Waals surface area (Å²) in [7, 11) is 7.60. The summed E-state index contributed by atoms with van der Waals surface area (Å²) in [6.07, 6.45) is 0. The van der Waals surface area contributed by atoms with Crippen LogP contribution in [0.1, 0.15) is 22.3 Å². The predicted octanol–water partition coefficient (Wildman–Crippen LogP) is 6.02. The first kappa shape index (κ1) is 35.5. The molecule has 15 heteroatoms. The number of anilines is 2. The van der Waals surface area contributed by atoms with Crippen LogP contribution in [0.4, 0.5) is 11.9 Å². The van der Waals surface area contributed by atoms with Gasteiger partial charge in [0.1, 0.15) is 0 Å². The molecule has 0 aliphatic rings. The standard InChI is InChI=1S/C19H15BrN6O.C19H18BrN5O/c1-24(2)18-22-23-19-25(11-13-5-3-12(10-21)4-6-13)17(27)15-9-14(20)7-8-16(15)26(18)19;1-12-4-6-13(7-5-12)11-24-17(26)15-10-14(20)8-9-16(15)25-18(23(2)3)21-22-19(24)25/h3-9H,11H2,1-2H3;4-10H,11H2,1-3H3. The molecule has 13 nitrogen and oxygen atoms in total. The number of nitriles is 1. The lowest BCUT2D eigenvalue weighted by molar-refractivity contribution is 0.766. The van der Waals surface area contributed by atoms with Gasteiger partial charge in [0.15, 0.2) is 0 Å². The fraction of sp³-hybridized carbons (Fsp3) is 0.184. The highest BCUT2D eigenvalue weighted by molar-refractivity contribution is 9.10. The van der Waals surface area contributed by atoms with E-state index in [-0.39, 0.29) is 11.1 Å². The molecule has 0 amide bonds. The summed E-state index contributed by atoms with van der Waals surface area (Å²) in [5.41, 5.74) is 5.05. The molecule has 0 fully saturated rings. The largest absolute Gasteiger partial charge is 0.347 e. The van der Waals surface area contributed by atoms with Crippen LogP contribution in [0.3, 0.4) is 0 Å². The van der Waals surface area contributed by atoms with Crippen molar-refractivity contribution in [1.29, 1.82) is 5.26 Å². The minimum absolute atomic E-state index is 0.0768. The van der Waals surface area contributed by atoms with Crippen molar-refractivity contribution in [2.45, 2.75) is 20.0 Å². The smallest absolute Gasteiger partial charge is 0.263 e. The number of halogens is 2. The number of hydrogen-bond donors (Lipinski definition) is 0. The van der Waals surface area contributed by atoms with Crippen LogP contribution in [-0.2, 0) is 13.1 Å². The second-order valence-electron chi connectivity index (χ2n) is 13.0. The summed E-state index contributed by atoms with van der Waals surface area (Å²) in [5.74, 6) is 2.34. The monoisotopic (exact) mass is 833 g/mol. The Labute approximate surface area is 320 Å². The molecule has 266 valence electrons. The van der Waals surface area contributed by atoms with Crippen molar-refractivity contribution in [2.75, 3.05) is 38.0 Å². The molecule has 8 aromatic rings. The molecule has 4 aromatic heterocycles. The van der Waals surface area contributed by atoms with Crippen molar-refractivity contribution in [2.24, 2.45) is 0 Å². The van der Waals surface area contributed by atoms with Crippen LogP contribution in [0.2, 0.25) is 0 Å². The Hall–Kier alpha value is -5.85. The van der Waals surface area contributed by atoms with Crippen LogP contribution in [0.5, 0.6) is 0 Å². The second-order valence-corrected chi connectivity index (χ2v) is 14.8.